The Bertz CT molecular complexity index is 472. The summed E-state index contributed by atoms with van der Waals surface area (Å²) >= 11 is 7.25. The van der Waals surface area contributed by atoms with Crippen molar-refractivity contribution in [2.24, 2.45) is 0 Å². The fourth-order valence-electron chi connectivity index (χ4n) is 1.04. The highest BCUT2D eigenvalue weighted by atomic mass is 127. The molecule has 2 unspecified atom stereocenters. The third kappa shape index (κ3) is 2.85. The first-order valence-corrected chi connectivity index (χ1v) is 7.52. The highest BCUT2D eigenvalue weighted by Crippen LogP contribution is 2.42. The van der Waals surface area contributed by atoms with Crippen molar-refractivity contribution in [3.63, 3.8) is 0 Å². The lowest BCUT2D eigenvalue weighted by molar-refractivity contribution is 0.187. The molecular weight excluding hydrogens is 370 g/mol. The predicted molar refractivity (Wildman–Crippen MR) is 68.8 cm³/mol. The van der Waals surface area contributed by atoms with Gasteiger partial charge in [-0.1, -0.05) is 23.7 Å². The number of benzene rings is 1. The van der Waals surface area contributed by atoms with E-state index in [4.69, 9.17) is 11.6 Å². The van der Waals surface area contributed by atoms with E-state index in [2.05, 4.69) is 0 Å². The van der Waals surface area contributed by atoms with Gasteiger partial charge in [-0.3, -0.25) is 0 Å². The monoisotopic (exact) mass is 378 g/mol. The molecule has 1 aromatic carbocycles. The molecule has 0 saturated heterocycles. The summed E-state index contributed by atoms with van der Waals surface area (Å²) < 4.78 is 33.5. The molecule has 16 heavy (non-hydrogen) atoms. The standard InChI is InChI=1S/C9H9ClFIO3S/c1-16(14,15)9(10,12)8(13)6-2-4-7(11)5-3-6/h2-5,8,13H,1H3. The molecule has 0 aliphatic heterocycles. The fraction of sp³-hybridized carbons (Fsp3) is 0.333. The van der Waals surface area contributed by atoms with Crippen molar-refractivity contribution >= 4 is 44.0 Å². The van der Waals surface area contributed by atoms with Gasteiger partial charge in [-0.2, -0.15) is 0 Å². The van der Waals surface area contributed by atoms with E-state index in [0.29, 0.717) is 0 Å². The van der Waals surface area contributed by atoms with Gasteiger partial charge in [-0.25, -0.2) is 12.8 Å². The van der Waals surface area contributed by atoms with E-state index in [1.165, 1.54) is 34.7 Å². The van der Waals surface area contributed by atoms with Gasteiger partial charge in [0.2, 0.25) is 2.21 Å². The molecule has 7 heteroatoms. The lowest BCUT2D eigenvalue weighted by Gasteiger charge is -2.24. The summed E-state index contributed by atoms with van der Waals surface area (Å²) in [5, 5.41) is 9.83. The van der Waals surface area contributed by atoms with Gasteiger partial charge < -0.3 is 5.11 Å². The quantitative estimate of drug-likeness (QED) is 0.648. The smallest absolute Gasteiger partial charge is 0.224 e. The number of alkyl halides is 2. The Morgan fingerprint density at radius 2 is 1.88 bits per heavy atom. The van der Waals surface area contributed by atoms with Gasteiger partial charge in [0.25, 0.3) is 0 Å². The molecule has 0 aromatic heterocycles. The minimum atomic E-state index is -3.65. The molecule has 2 atom stereocenters. The van der Waals surface area contributed by atoms with Crippen LogP contribution < -0.4 is 0 Å². The van der Waals surface area contributed by atoms with Crippen molar-refractivity contribution < 1.29 is 17.9 Å². The van der Waals surface area contributed by atoms with E-state index in [1.54, 1.807) is 0 Å². The molecular formula is C9H9ClFIO3S. The number of hydrogen-bond donors (Lipinski definition) is 1. The number of hydrogen-bond acceptors (Lipinski definition) is 3. The lowest BCUT2D eigenvalue weighted by atomic mass is 10.1. The second kappa shape index (κ2) is 4.75. The first-order chi connectivity index (χ1) is 7.16. The van der Waals surface area contributed by atoms with E-state index in [-0.39, 0.29) is 5.56 Å². The number of sulfone groups is 1. The van der Waals surface area contributed by atoms with Crippen molar-refractivity contribution in [2.45, 2.75) is 8.32 Å². The van der Waals surface area contributed by atoms with Crippen molar-refractivity contribution in [3.8, 4) is 0 Å². The molecule has 0 aliphatic rings. The number of aliphatic hydroxyl groups excluding tert-OH is 1. The van der Waals surface area contributed by atoms with Gasteiger partial charge >= 0.3 is 0 Å². The van der Waals surface area contributed by atoms with Crippen molar-refractivity contribution in [1.82, 2.24) is 0 Å². The Morgan fingerprint density at radius 1 is 1.44 bits per heavy atom. The minimum Gasteiger partial charge on any atom is -0.385 e. The zero-order valence-corrected chi connectivity index (χ0v) is 11.9. The summed E-state index contributed by atoms with van der Waals surface area (Å²) in [4.78, 5) is 0. The van der Waals surface area contributed by atoms with Crippen LogP contribution in [0, 0.1) is 5.82 Å². The van der Waals surface area contributed by atoms with Crippen LogP contribution in [0.3, 0.4) is 0 Å². The third-order valence-corrected chi connectivity index (χ3v) is 7.25. The Labute approximate surface area is 112 Å². The minimum absolute atomic E-state index is 0.247. The van der Waals surface area contributed by atoms with E-state index in [1.807, 2.05) is 0 Å². The summed E-state index contributed by atoms with van der Waals surface area (Å²) in [5.74, 6) is -0.469. The Hall–Kier alpha value is 0.0800. The molecule has 0 fully saturated rings. The molecule has 0 heterocycles. The summed E-state index contributed by atoms with van der Waals surface area (Å²) in [6.07, 6.45) is -0.496. The summed E-state index contributed by atoms with van der Waals surface area (Å²) in [6, 6.07) is 4.84. The molecule has 1 N–H and O–H groups in total. The molecule has 1 aromatic rings. The van der Waals surface area contributed by atoms with E-state index in [0.717, 1.165) is 18.4 Å². The van der Waals surface area contributed by atoms with Crippen LogP contribution in [-0.4, -0.2) is 22.0 Å². The Morgan fingerprint density at radius 3 is 2.25 bits per heavy atom. The van der Waals surface area contributed by atoms with E-state index >= 15 is 0 Å². The van der Waals surface area contributed by atoms with Crippen LogP contribution in [0.2, 0.25) is 0 Å². The third-order valence-electron chi connectivity index (χ3n) is 2.00. The first-order valence-electron chi connectivity index (χ1n) is 4.17. The fourth-order valence-corrected chi connectivity index (χ4v) is 2.07. The van der Waals surface area contributed by atoms with E-state index in [9.17, 15) is 17.9 Å². The summed E-state index contributed by atoms with van der Waals surface area (Å²) in [6.45, 7) is 0. The van der Waals surface area contributed by atoms with Gasteiger partial charge in [0.15, 0.2) is 9.84 Å². The number of aliphatic hydroxyl groups is 1. The average molecular weight is 379 g/mol. The van der Waals surface area contributed by atoms with Crippen LogP contribution in [0.4, 0.5) is 4.39 Å². The van der Waals surface area contributed by atoms with Gasteiger partial charge in [0.05, 0.1) is 0 Å². The maximum absolute atomic E-state index is 12.6. The average Bonchev–Trinajstić information content (AvgIpc) is 2.16. The largest absolute Gasteiger partial charge is 0.385 e. The number of rotatable bonds is 3. The molecule has 0 bridgehead atoms. The van der Waals surface area contributed by atoms with Crippen LogP contribution >= 0.6 is 34.2 Å². The number of halogens is 3. The van der Waals surface area contributed by atoms with Gasteiger partial charge in [0.1, 0.15) is 11.9 Å². The molecule has 90 valence electrons. The van der Waals surface area contributed by atoms with Gasteiger partial charge in [0, 0.05) is 6.26 Å². The first kappa shape index (κ1) is 14.1. The normalized spacial score (nSPS) is 17.8. The van der Waals surface area contributed by atoms with Crippen LogP contribution in [0.1, 0.15) is 11.7 Å². The zero-order chi connectivity index (χ0) is 12.6. The SMILES string of the molecule is CS(=O)(=O)C(Cl)(I)C(O)c1ccc(F)cc1. The van der Waals surface area contributed by atoms with Crippen molar-refractivity contribution in [1.29, 1.82) is 0 Å². The maximum atomic E-state index is 12.6. The molecule has 3 nitrogen and oxygen atoms in total. The molecule has 0 spiro atoms. The van der Waals surface area contributed by atoms with Crippen LogP contribution in [-0.2, 0) is 9.84 Å². The Balaban J connectivity index is 3.12. The second-order valence-electron chi connectivity index (χ2n) is 3.29. The van der Waals surface area contributed by atoms with E-state index < -0.39 is 24.0 Å². The Kier molecular flexibility index (Phi) is 4.20. The molecule has 0 radical (unpaired) electrons. The van der Waals surface area contributed by atoms with Gasteiger partial charge in [-0.15, -0.1) is 0 Å². The van der Waals surface area contributed by atoms with Crippen molar-refractivity contribution in [3.05, 3.63) is 35.6 Å². The summed E-state index contributed by atoms with van der Waals surface area (Å²) in [7, 11) is -3.65. The van der Waals surface area contributed by atoms with Crippen LogP contribution in [0.5, 0.6) is 0 Å². The molecule has 0 aliphatic carbocycles. The topological polar surface area (TPSA) is 54.4 Å². The maximum Gasteiger partial charge on any atom is 0.224 e. The second-order valence-corrected chi connectivity index (χ2v) is 9.37. The molecule has 1 rings (SSSR count). The van der Waals surface area contributed by atoms with Crippen LogP contribution in [0.25, 0.3) is 0 Å². The van der Waals surface area contributed by atoms with Gasteiger partial charge in [-0.05, 0) is 40.3 Å². The van der Waals surface area contributed by atoms with Crippen LogP contribution in [0.15, 0.2) is 24.3 Å². The molecule has 0 saturated carbocycles. The predicted octanol–water partition coefficient (Wildman–Crippen LogP) is 2.23. The highest BCUT2D eigenvalue weighted by Gasteiger charge is 2.43. The molecule has 0 amide bonds. The summed E-state index contributed by atoms with van der Waals surface area (Å²) in [5.41, 5.74) is 0.247. The highest BCUT2D eigenvalue weighted by molar-refractivity contribution is 14.1. The lowest BCUT2D eigenvalue weighted by Crippen LogP contribution is -2.32. The zero-order valence-electron chi connectivity index (χ0n) is 8.19. The van der Waals surface area contributed by atoms with Crippen molar-refractivity contribution in [2.75, 3.05) is 6.26 Å².